The maximum absolute atomic E-state index is 5.79. The van der Waals surface area contributed by atoms with E-state index in [1.807, 2.05) is 24.3 Å². The number of rotatable bonds is 11. The summed E-state index contributed by atoms with van der Waals surface area (Å²) < 4.78 is 16.7. The quantitative estimate of drug-likeness (QED) is 0.522. The molecule has 1 fully saturated rings. The summed E-state index contributed by atoms with van der Waals surface area (Å²) in [6.07, 6.45) is 10.4. The Hall–Kier alpha value is -1.06. The van der Waals surface area contributed by atoms with Gasteiger partial charge in [0, 0.05) is 5.56 Å². The van der Waals surface area contributed by atoms with Crippen molar-refractivity contribution >= 4 is 0 Å². The molecule has 0 atom stereocenters. The summed E-state index contributed by atoms with van der Waals surface area (Å²) in [5.41, 5.74) is 1.07. The molecule has 0 spiro atoms. The van der Waals surface area contributed by atoms with Crippen LogP contribution in [0.2, 0.25) is 0 Å². The Morgan fingerprint density at radius 2 is 1.45 bits per heavy atom. The van der Waals surface area contributed by atoms with Crippen molar-refractivity contribution in [2.24, 2.45) is 0 Å². The number of ether oxygens (including phenoxy) is 3. The molecule has 0 radical (unpaired) electrons. The normalized spacial score (nSPS) is 15.3. The summed E-state index contributed by atoms with van der Waals surface area (Å²) in [6.45, 7) is 4.44. The number of hydrogen-bond donors (Lipinski definition) is 0. The van der Waals surface area contributed by atoms with Gasteiger partial charge in [-0.15, -0.1) is 0 Å². The highest BCUT2D eigenvalue weighted by Gasteiger charge is 2.17. The fourth-order valence-electron chi connectivity index (χ4n) is 2.70. The molecule has 1 aliphatic heterocycles. The van der Waals surface area contributed by atoms with Crippen LogP contribution in [0.3, 0.4) is 0 Å². The molecule has 1 aromatic carbocycles. The van der Waals surface area contributed by atoms with Crippen LogP contribution in [0.4, 0.5) is 0 Å². The van der Waals surface area contributed by atoms with E-state index < -0.39 is 0 Å². The number of unbranched alkanes of at least 4 members (excludes halogenated alkanes) is 7. The van der Waals surface area contributed by atoms with Crippen molar-refractivity contribution in [3.8, 4) is 5.75 Å². The van der Waals surface area contributed by atoms with Gasteiger partial charge in [-0.25, -0.2) is 0 Å². The molecule has 22 heavy (non-hydrogen) atoms. The lowest BCUT2D eigenvalue weighted by atomic mass is 10.1. The summed E-state index contributed by atoms with van der Waals surface area (Å²) in [5.74, 6) is 0.935. The molecular weight excluding hydrogens is 276 g/mol. The van der Waals surface area contributed by atoms with E-state index in [4.69, 9.17) is 14.2 Å². The van der Waals surface area contributed by atoms with Gasteiger partial charge < -0.3 is 14.2 Å². The van der Waals surface area contributed by atoms with Crippen molar-refractivity contribution < 1.29 is 14.2 Å². The largest absolute Gasteiger partial charge is 0.494 e. The predicted octanol–water partition coefficient (Wildman–Crippen LogP) is 5.25. The van der Waals surface area contributed by atoms with Crippen LogP contribution in [0.1, 0.15) is 70.1 Å². The van der Waals surface area contributed by atoms with Crippen molar-refractivity contribution in [2.45, 2.75) is 64.6 Å². The van der Waals surface area contributed by atoms with Crippen LogP contribution in [-0.4, -0.2) is 19.8 Å². The summed E-state index contributed by atoms with van der Waals surface area (Å²) in [7, 11) is 0. The molecule has 0 N–H and O–H groups in total. The molecule has 0 amide bonds. The van der Waals surface area contributed by atoms with Gasteiger partial charge in [-0.2, -0.15) is 0 Å². The van der Waals surface area contributed by atoms with Gasteiger partial charge >= 0.3 is 0 Å². The van der Waals surface area contributed by atoms with E-state index in [9.17, 15) is 0 Å². The lowest BCUT2D eigenvalue weighted by Crippen LogP contribution is -2.00. The van der Waals surface area contributed by atoms with Crippen LogP contribution >= 0.6 is 0 Å². The van der Waals surface area contributed by atoms with Crippen LogP contribution in [0.15, 0.2) is 24.3 Å². The first-order valence-corrected chi connectivity index (χ1v) is 8.86. The lowest BCUT2D eigenvalue weighted by molar-refractivity contribution is -0.0441. The Morgan fingerprint density at radius 3 is 2.09 bits per heavy atom. The van der Waals surface area contributed by atoms with Gasteiger partial charge in [0.1, 0.15) is 5.75 Å². The Balaban J connectivity index is 1.52. The molecule has 1 heterocycles. The summed E-state index contributed by atoms with van der Waals surface area (Å²) in [4.78, 5) is 0. The van der Waals surface area contributed by atoms with Crippen molar-refractivity contribution in [1.29, 1.82) is 0 Å². The lowest BCUT2D eigenvalue weighted by Gasteiger charge is -2.11. The van der Waals surface area contributed by atoms with Gasteiger partial charge in [0.05, 0.1) is 19.8 Å². The molecule has 0 unspecified atom stereocenters. The Labute approximate surface area is 135 Å². The van der Waals surface area contributed by atoms with Crippen LogP contribution in [-0.2, 0) is 9.47 Å². The van der Waals surface area contributed by atoms with Crippen molar-refractivity contribution in [3.05, 3.63) is 29.8 Å². The molecule has 3 nitrogen and oxygen atoms in total. The van der Waals surface area contributed by atoms with E-state index in [0.717, 1.165) is 24.3 Å². The van der Waals surface area contributed by atoms with E-state index in [2.05, 4.69) is 6.92 Å². The molecule has 1 aliphatic rings. The minimum Gasteiger partial charge on any atom is -0.494 e. The zero-order valence-electron chi connectivity index (χ0n) is 13.9. The van der Waals surface area contributed by atoms with E-state index >= 15 is 0 Å². The number of hydrogen-bond acceptors (Lipinski definition) is 3. The first kappa shape index (κ1) is 17.3. The third kappa shape index (κ3) is 6.37. The topological polar surface area (TPSA) is 27.7 Å². The molecule has 3 heteroatoms. The maximum Gasteiger partial charge on any atom is 0.184 e. The third-order valence-corrected chi connectivity index (χ3v) is 4.04. The monoisotopic (exact) mass is 306 g/mol. The molecular formula is C19H30O3. The highest BCUT2D eigenvalue weighted by molar-refractivity contribution is 5.28. The molecule has 1 aromatic rings. The summed E-state index contributed by atoms with van der Waals surface area (Å²) in [5, 5.41) is 0. The first-order chi connectivity index (χ1) is 10.9. The van der Waals surface area contributed by atoms with E-state index in [1.54, 1.807) is 0 Å². The van der Waals surface area contributed by atoms with Crippen LogP contribution < -0.4 is 4.74 Å². The summed E-state index contributed by atoms with van der Waals surface area (Å²) in [6, 6.07) is 8.06. The molecule has 0 bridgehead atoms. The average Bonchev–Trinajstić information content (AvgIpc) is 3.08. The van der Waals surface area contributed by atoms with Gasteiger partial charge in [-0.3, -0.25) is 0 Å². The maximum atomic E-state index is 5.79. The summed E-state index contributed by atoms with van der Waals surface area (Å²) >= 11 is 0. The van der Waals surface area contributed by atoms with Gasteiger partial charge in [0.15, 0.2) is 6.29 Å². The molecule has 0 saturated carbocycles. The van der Waals surface area contributed by atoms with Crippen LogP contribution in [0.5, 0.6) is 5.75 Å². The third-order valence-electron chi connectivity index (χ3n) is 4.04. The second-order valence-corrected chi connectivity index (χ2v) is 5.97. The Bertz CT molecular complexity index is 382. The molecule has 124 valence electrons. The second kappa shape index (κ2) is 10.6. The standard InChI is InChI=1S/C19H30O3/c1-2-3-4-5-6-7-8-9-14-20-18-12-10-17(11-13-18)19-21-15-16-22-19/h10-13,19H,2-9,14-16H2,1H3. The van der Waals surface area contributed by atoms with Crippen molar-refractivity contribution in [1.82, 2.24) is 0 Å². The second-order valence-electron chi connectivity index (χ2n) is 5.97. The van der Waals surface area contributed by atoms with Gasteiger partial charge in [0.2, 0.25) is 0 Å². The van der Waals surface area contributed by atoms with Crippen molar-refractivity contribution in [3.63, 3.8) is 0 Å². The minimum absolute atomic E-state index is 0.193. The average molecular weight is 306 g/mol. The number of benzene rings is 1. The zero-order chi connectivity index (χ0) is 15.5. The Kier molecular flexibility index (Phi) is 8.36. The molecule has 0 aliphatic carbocycles. The van der Waals surface area contributed by atoms with E-state index in [-0.39, 0.29) is 6.29 Å². The Morgan fingerprint density at radius 1 is 0.864 bits per heavy atom. The molecule has 1 saturated heterocycles. The highest BCUT2D eigenvalue weighted by Crippen LogP contribution is 2.25. The zero-order valence-corrected chi connectivity index (χ0v) is 13.9. The molecule has 0 aromatic heterocycles. The van der Waals surface area contributed by atoms with Crippen molar-refractivity contribution in [2.75, 3.05) is 19.8 Å². The van der Waals surface area contributed by atoms with Gasteiger partial charge in [-0.05, 0) is 18.6 Å². The minimum atomic E-state index is -0.193. The molecule has 2 rings (SSSR count). The van der Waals surface area contributed by atoms with Crippen LogP contribution in [0.25, 0.3) is 0 Å². The smallest absolute Gasteiger partial charge is 0.184 e. The fraction of sp³-hybridized carbons (Fsp3) is 0.684. The van der Waals surface area contributed by atoms with Gasteiger partial charge in [-0.1, -0.05) is 64.0 Å². The fourth-order valence-corrected chi connectivity index (χ4v) is 2.70. The highest BCUT2D eigenvalue weighted by atomic mass is 16.7. The van der Waals surface area contributed by atoms with Crippen LogP contribution in [0, 0.1) is 0 Å². The SMILES string of the molecule is CCCCCCCCCCOc1ccc(C2OCCO2)cc1. The van der Waals surface area contributed by atoms with E-state index in [0.29, 0.717) is 13.2 Å². The van der Waals surface area contributed by atoms with Gasteiger partial charge in [0.25, 0.3) is 0 Å². The predicted molar refractivity (Wildman–Crippen MR) is 89.2 cm³/mol. The van der Waals surface area contributed by atoms with E-state index in [1.165, 1.54) is 44.9 Å². The first-order valence-electron chi connectivity index (χ1n) is 8.86.